The van der Waals surface area contributed by atoms with Crippen LogP contribution in [0, 0.1) is 11.3 Å². The molecule has 0 aliphatic heterocycles. The number of halogens is 2. The molecule has 0 radical (unpaired) electrons. The van der Waals surface area contributed by atoms with Crippen LogP contribution >= 0.6 is 23.2 Å². The Kier molecular flexibility index (Phi) is 6.83. The zero-order valence-electron chi connectivity index (χ0n) is 14.4. The van der Waals surface area contributed by atoms with Crippen molar-refractivity contribution >= 4 is 46.8 Å². The SMILES string of the molecule is COc1cc(/C=C(\C#N)C(=O)Nc2cccc(Cl)c2Cl)ccc1OC(C)=O. The molecule has 0 unspecified atom stereocenters. The second kappa shape index (κ2) is 9.08. The Bertz CT molecular complexity index is 965. The van der Waals surface area contributed by atoms with Crippen LogP contribution in [-0.2, 0) is 9.59 Å². The Morgan fingerprint density at radius 3 is 2.56 bits per heavy atom. The first-order valence-corrected chi connectivity index (χ1v) is 8.35. The zero-order chi connectivity index (χ0) is 20.0. The number of ether oxygens (including phenoxy) is 2. The van der Waals surface area contributed by atoms with Gasteiger partial charge < -0.3 is 14.8 Å². The van der Waals surface area contributed by atoms with Crippen LogP contribution in [0.3, 0.4) is 0 Å². The molecule has 1 amide bonds. The molecule has 0 heterocycles. The molecule has 0 fully saturated rings. The second-order valence-corrected chi connectivity index (χ2v) is 6.01. The first-order valence-electron chi connectivity index (χ1n) is 7.59. The fraction of sp³-hybridized carbons (Fsp3) is 0.105. The summed E-state index contributed by atoms with van der Waals surface area (Å²) in [6.45, 7) is 1.27. The summed E-state index contributed by atoms with van der Waals surface area (Å²) in [5.74, 6) is -0.623. The Hall–Kier alpha value is -3.01. The Morgan fingerprint density at radius 1 is 1.19 bits per heavy atom. The van der Waals surface area contributed by atoms with E-state index in [2.05, 4.69) is 5.32 Å². The summed E-state index contributed by atoms with van der Waals surface area (Å²) in [4.78, 5) is 23.5. The number of carbonyl (C=O) groups is 2. The van der Waals surface area contributed by atoms with Gasteiger partial charge in [0.05, 0.1) is 22.8 Å². The minimum absolute atomic E-state index is 0.159. The van der Waals surface area contributed by atoms with Gasteiger partial charge in [0.25, 0.3) is 5.91 Å². The normalized spacial score (nSPS) is 10.7. The molecule has 0 saturated carbocycles. The molecule has 0 saturated heterocycles. The highest BCUT2D eigenvalue weighted by molar-refractivity contribution is 6.44. The predicted octanol–water partition coefficient (Wildman–Crippen LogP) is 4.47. The lowest BCUT2D eigenvalue weighted by Gasteiger charge is -2.09. The number of anilines is 1. The highest BCUT2D eigenvalue weighted by Crippen LogP contribution is 2.31. The van der Waals surface area contributed by atoms with E-state index in [1.807, 2.05) is 6.07 Å². The minimum Gasteiger partial charge on any atom is -0.493 e. The summed E-state index contributed by atoms with van der Waals surface area (Å²) in [6, 6.07) is 11.2. The van der Waals surface area contributed by atoms with E-state index in [1.165, 1.54) is 32.2 Å². The maximum atomic E-state index is 12.4. The van der Waals surface area contributed by atoms with Crippen LogP contribution in [0.1, 0.15) is 12.5 Å². The highest BCUT2D eigenvalue weighted by atomic mass is 35.5. The van der Waals surface area contributed by atoms with Crippen molar-refractivity contribution in [3.05, 3.63) is 57.6 Å². The number of esters is 1. The van der Waals surface area contributed by atoms with E-state index in [0.29, 0.717) is 5.56 Å². The molecule has 27 heavy (non-hydrogen) atoms. The molecule has 0 atom stereocenters. The number of rotatable bonds is 5. The van der Waals surface area contributed by atoms with E-state index in [-0.39, 0.29) is 32.8 Å². The van der Waals surface area contributed by atoms with Crippen molar-refractivity contribution in [3.8, 4) is 17.6 Å². The van der Waals surface area contributed by atoms with Crippen LogP contribution < -0.4 is 14.8 Å². The van der Waals surface area contributed by atoms with E-state index in [1.54, 1.807) is 24.3 Å². The van der Waals surface area contributed by atoms with Crippen molar-refractivity contribution in [1.29, 1.82) is 5.26 Å². The number of nitrogens with zero attached hydrogens (tertiary/aromatic N) is 1. The summed E-state index contributed by atoms with van der Waals surface area (Å²) < 4.78 is 10.2. The van der Waals surface area contributed by atoms with Crippen LogP contribution in [-0.4, -0.2) is 19.0 Å². The van der Waals surface area contributed by atoms with Crippen LogP contribution in [0.15, 0.2) is 42.0 Å². The number of carbonyl (C=O) groups excluding carboxylic acids is 2. The maximum Gasteiger partial charge on any atom is 0.308 e. The molecule has 0 aliphatic carbocycles. The summed E-state index contributed by atoms with van der Waals surface area (Å²) in [7, 11) is 1.41. The minimum atomic E-state index is -0.648. The standard InChI is InChI=1S/C19H14Cl2N2O4/c1-11(24)27-16-7-6-12(9-17(16)26-2)8-13(10-22)19(25)23-15-5-3-4-14(20)18(15)21/h3-9H,1-2H3,(H,23,25)/b13-8+. The van der Waals surface area contributed by atoms with Crippen molar-refractivity contribution in [2.75, 3.05) is 12.4 Å². The van der Waals surface area contributed by atoms with Gasteiger partial charge in [-0.05, 0) is 35.9 Å². The molecule has 8 heteroatoms. The van der Waals surface area contributed by atoms with Crippen molar-refractivity contribution in [2.45, 2.75) is 6.92 Å². The van der Waals surface area contributed by atoms with Crippen molar-refractivity contribution in [2.24, 2.45) is 0 Å². The quantitative estimate of drug-likeness (QED) is 0.343. The molecule has 0 bridgehead atoms. The second-order valence-electron chi connectivity index (χ2n) is 5.23. The van der Waals surface area contributed by atoms with Gasteiger partial charge in [0.15, 0.2) is 11.5 Å². The van der Waals surface area contributed by atoms with E-state index < -0.39 is 11.9 Å². The Balaban J connectivity index is 2.29. The van der Waals surface area contributed by atoms with Gasteiger partial charge in [-0.25, -0.2) is 0 Å². The topological polar surface area (TPSA) is 88.4 Å². The number of hydrogen-bond donors (Lipinski definition) is 1. The fourth-order valence-electron chi connectivity index (χ4n) is 2.12. The number of methoxy groups -OCH3 is 1. The molecule has 2 rings (SSSR count). The number of benzene rings is 2. The molecular formula is C19H14Cl2N2O4. The van der Waals surface area contributed by atoms with Crippen molar-refractivity contribution in [1.82, 2.24) is 0 Å². The van der Waals surface area contributed by atoms with Crippen molar-refractivity contribution in [3.63, 3.8) is 0 Å². The third kappa shape index (κ3) is 5.23. The summed E-state index contributed by atoms with van der Waals surface area (Å²) >= 11 is 11.9. The van der Waals surface area contributed by atoms with Gasteiger partial charge in [0, 0.05) is 6.92 Å². The molecule has 0 aromatic heterocycles. The first kappa shape index (κ1) is 20.3. The van der Waals surface area contributed by atoms with E-state index >= 15 is 0 Å². The van der Waals surface area contributed by atoms with Crippen LogP contribution in [0.5, 0.6) is 11.5 Å². The molecule has 0 spiro atoms. The van der Waals surface area contributed by atoms with Crippen molar-refractivity contribution < 1.29 is 19.1 Å². The van der Waals surface area contributed by atoms with Crippen LogP contribution in [0.25, 0.3) is 6.08 Å². The summed E-state index contributed by atoms with van der Waals surface area (Å²) in [5, 5.41) is 12.3. The van der Waals surface area contributed by atoms with Gasteiger partial charge in [0.1, 0.15) is 11.6 Å². The van der Waals surface area contributed by atoms with Gasteiger partial charge in [-0.1, -0.05) is 35.3 Å². The van der Waals surface area contributed by atoms with Gasteiger partial charge in [-0.3, -0.25) is 9.59 Å². The van der Waals surface area contributed by atoms with Gasteiger partial charge in [-0.2, -0.15) is 5.26 Å². The molecule has 1 N–H and O–H groups in total. The van der Waals surface area contributed by atoms with Crippen LogP contribution in [0.2, 0.25) is 10.0 Å². The molecule has 6 nitrogen and oxygen atoms in total. The molecule has 2 aromatic rings. The smallest absolute Gasteiger partial charge is 0.308 e. The van der Waals surface area contributed by atoms with E-state index in [9.17, 15) is 14.9 Å². The van der Waals surface area contributed by atoms with Gasteiger partial charge >= 0.3 is 5.97 Å². The molecule has 2 aromatic carbocycles. The Morgan fingerprint density at radius 2 is 1.93 bits per heavy atom. The lowest BCUT2D eigenvalue weighted by atomic mass is 10.1. The number of amides is 1. The van der Waals surface area contributed by atoms with E-state index in [4.69, 9.17) is 32.7 Å². The molecule has 138 valence electrons. The number of nitrogens with one attached hydrogen (secondary N) is 1. The zero-order valence-corrected chi connectivity index (χ0v) is 15.9. The average Bonchev–Trinajstić information content (AvgIpc) is 2.63. The molecule has 0 aliphatic rings. The maximum absolute atomic E-state index is 12.4. The van der Waals surface area contributed by atoms with Gasteiger partial charge in [-0.15, -0.1) is 0 Å². The number of nitriles is 1. The monoisotopic (exact) mass is 404 g/mol. The average molecular weight is 405 g/mol. The summed E-state index contributed by atoms with van der Waals surface area (Å²) in [6.07, 6.45) is 1.37. The summed E-state index contributed by atoms with van der Waals surface area (Å²) in [5.41, 5.74) is 0.637. The van der Waals surface area contributed by atoms with E-state index in [0.717, 1.165) is 0 Å². The first-order chi connectivity index (χ1) is 12.8. The lowest BCUT2D eigenvalue weighted by Crippen LogP contribution is -2.13. The van der Waals surface area contributed by atoms with Crippen LogP contribution in [0.4, 0.5) is 5.69 Å². The third-order valence-corrected chi connectivity index (χ3v) is 4.14. The Labute approximate surface area is 165 Å². The predicted molar refractivity (Wildman–Crippen MR) is 103 cm³/mol. The lowest BCUT2D eigenvalue weighted by molar-refractivity contribution is -0.132. The highest BCUT2D eigenvalue weighted by Gasteiger charge is 2.14. The molecular weight excluding hydrogens is 391 g/mol. The third-order valence-electron chi connectivity index (χ3n) is 3.32. The van der Waals surface area contributed by atoms with Gasteiger partial charge in [0.2, 0.25) is 0 Å². The largest absolute Gasteiger partial charge is 0.493 e. The fourth-order valence-corrected chi connectivity index (χ4v) is 2.47. The number of hydrogen-bond acceptors (Lipinski definition) is 5.